The molecule has 1 atom stereocenters. The maximum Gasteiger partial charge on any atom is 0.329 e. The topological polar surface area (TPSA) is 92.4 Å². The van der Waals surface area contributed by atoms with Crippen LogP contribution in [0.15, 0.2) is 0 Å². The zero-order valence-electron chi connectivity index (χ0n) is 11.1. The van der Waals surface area contributed by atoms with E-state index >= 15 is 0 Å². The average Bonchev–Trinajstić information content (AvgIpc) is 2.56. The molecule has 104 valence electrons. The smallest absolute Gasteiger partial charge is 0.329 e. The van der Waals surface area contributed by atoms with E-state index in [0.29, 0.717) is 19.3 Å². The fourth-order valence-corrected chi connectivity index (χ4v) is 2.50. The second-order valence-electron chi connectivity index (χ2n) is 5.19. The Labute approximate surface area is 108 Å². The van der Waals surface area contributed by atoms with Gasteiger partial charge in [-0.3, -0.25) is 4.79 Å². The maximum absolute atomic E-state index is 11.9. The summed E-state index contributed by atoms with van der Waals surface area (Å²) in [6.07, 6.45) is 6.17. The zero-order chi connectivity index (χ0) is 13.6. The molecule has 1 aliphatic rings. The second kappa shape index (κ2) is 6.73. The van der Waals surface area contributed by atoms with Crippen molar-refractivity contribution in [2.45, 2.75) is 69.9 Å². The summed E-state index contributed by atoms with van der Waals surface area (Å²) in [4.78, 5) is 23.4. The van der Waals surface area contributed by atoms with Gasteiger partial charge < -0.3 is 16.2 Å². The minimum atomic E-state index is -1.10. The van der Waals surface area contributed by atoms with Crippen molar-refractivity contribution in [1.29, 1.82) is 0 Å². The van der Waals surface area contributed by atoms with Gasteiger partial charge in [0.05, 0.1) is 6.04 Å². The van der Waals surface area contributed by atoms with E-state index in [1.165, 1.54) is 0 Å². The molecule has 0 saturated heterocycles. The molecule has 0 bridgehead atoms. The Bertz CT molecular complexity index is 297. The van der Waals surface area contributed by atoms with Crippen molar-refractivity contribution in [3.8, 4) is 0 Å². The van der Waals surface area contributed by atoms with E-state index in [-0.39, 0.29) is 5.91 Å². The highest BCUT2D eigenvalue weighted by Crippen LogP contribution is 2.27. The van der Waals surface area contributed by atoms with Crippen LogP contribution in [-0.4, -0.2) is 28.6 Å². The molecule has 1 saturated carbocycles. The quantitative estimate of drug-likeness (QED) is 0.648. The van der Waals surface area contributed by atoms with Gasteiger partial charge in [-0.05, 0) is 19.3 Å². The molecule has 0 aliphatic heterocycles. The lowest BCUT2D eigenvalue weighted by Crippen LogP contribution is -2.58. The molecule has 1 fully saturated rings. The molecular formula is C13H24N2O3. The molecule has 18 heavy (non-hydrogen) atoms. The number of rotatable bonds is 5. The van der Waals surface area contributed by atoms with E-state index in [1.807, 2.05) is 6.92 Å². The van der Waals surface area contributed by atoms with Crippen LogP contribution in [0.4, 0.5) is 0 Å². The zero-order valence-corrected chi connectivity index (χ0v) is 11.1. The number of carboxylic acids is 1. The first kappa shape index (κ1) is 15.0. The van der Waals surface area contributed by atoms with E-state index in [2.05, 4.69) is 5.32 Å². The summed E-state index contributed by atoms with van der Waals surface area (Å²) in [6, 6.07) is -0.602. The van der Waals surface area contributed by atoms with Gasteiger partial charge in [0.1, 0.15) is 5.54 Å². The average molecular weight is 256 g/mol. The lowest BCUT2D eigenvalue weighted by molar-refractivity contribution is -0.148. The standard InChI is InChI=1S/C13H24N2O3/c1-2-7-10(14)11(16)15-13(12(17)18)8-5-3-4-6-9-13/h10H,2-9,14H2,1H3,(H,15,16)(H,17,18)/t10-/m0/s1. The van der Waals surface area contributed by atoms with Crippen LogP contribution in [0, 0.1) is 0 Å². The van der Waals surface area contributed by atoms with Gasteiger partial charge in [-0.1, -0.05) is 39.0 Å². The van der Waals surface area contributed by atoms with Gasteiger partial charge >= 0.3 is 5.97 Å². The van der Waals surface area contributed by atoms with Crippen LogP contribution in [0.5, 0.6) is 0 Å². The highest BCUT2D eigenvalue weighted by molar-refractivity contribution is 5.89. The molecule has 0 spiro atoms. The Kier molecular flexibility index (Phi) is 5.59. The first-order chi connectivity index (χ1) is 8.52. The van der Waals surface area contributed by atoms with Crippen LogP contribution >= 0.6 is 0 Å². The summed E-state index contributed by atoms with van der Waals surface area (Å²) < 4.78 is 0. The molecular weight excluding hydrogens is 232 g/mol. The van der Waals surface area contributed by atoms with Gasteiger partial charge in [0.25, 0.3) is 0 Å². The minimum Gasteiger partial charge on any atom is -0.480 e. The van der Waals surface area contributed by atoms with Gasteiger partial charge in [-0.2, -0.15) is 0 Å². The molecule has 5 nitrogen and oxygen atoms in total. The summed E-state index contributed by atoms with van der Waals surface area (Å²) >= 11 is 0. The van der Waals surface area contributed by atoms with Crippen LogP contribution in [0.2, 0.25) is 0 Å². The van der Waals surface area contributed by atoms with Crippen molar-refractivity contribution in [3.63, 3.8) is 0 Å². The van der Waals surface area contributed by atoms with Gasteiger partial charge in [-0.15, -0.1) is 0 Å². The molecule has 0 heterocycles. The summed E-state index contributed by atoms with van der Waals surface area (Å²) in [6.45, 7) is 1.95. The minimum absolute atomic E-state index is 0.332. The first-order valence-corrected chi connectivity index (χ1v) is 6.83. The monoisotopic (exact) mass is 256 g/mol. The molecule has 0 aromatic heterocycles. The predicted molar refractivity (Wildman–Crippen MR) is 69.1 cm³/mol. The lowest BCUT2D eigenvalue weighted by atomic mass is 9.89. The fraction of sp³-hybridized carbons (Fsp3) is 0.846. The van der Waals surface area contributed by atoms with E-state index in [1.54, 1.807) is 0 Å². The van der Waals surface area contributed by atoms with Crippen LogP contribution < -0.4 is 11.1 Å². The van der Waals surface area contributed by atoms with Crippen molar-refractivity contribution >= 4 is 11.9 Å². The molecule has 0 aromatic carbocycles. The van der Waals surface area contributed by atoms with Crippen LogP contribution in [-0.2, 0) is 9.59 Å². The SMILES string of the molecule is CCC[C@H](N)C(=O)NC1(C(=O)O)CCCCCC1. The van der Waals surface area contributed by atoms with E-state index < -0.39 is 17.6 Å². The normalized spacial score (nSPS) is 20.8. The van der Waals surface area contributed by atoms with Crippen LogP contribution in [0.25, 0.3) is 0 Å². The van der Waals surface area contributed by atoms with Crippen molar-refractivity contribution < 1.29 is 14.7 Å². The molecule has 5 heteroatoms. The van der Waals surface area contributed by atoms with Crippen molar-refractivity contribution in [2.24, 2.45) is 5.73 Å². The van der Waals surface area contributed by atoms with Crippen LogP contribution in [0.1, 0.15) is 58.3 Å². The maximum atomic E-state index is 11.9. The summed E-state index contributed by atoms with van der Waals surface area (Å²) in [5, 5.41) is 12.1. The van der Waals surface area contributed by atoms with Gasteiger partial charge in [0.2, 0.25) is 5.91 Å². The summed E-state index contributed by atoms with van der Waals surface area (Å²) in [5.41, 5.74) is 4.64. The number of aliphatic carboxylic acids is 1. The number of hydrogen-bond donors (Lipinski definition) is 3. The Balaban J connectivity index is 2.72. The number of nitrogens with two attached hydrogens (primary N) is 1. The highest BCUT2D eigenvalue weighted by Gasteiger charge is 2.40. The van der Waals surface area contributed by atoms with Gasteiger partial charge in [0, 0.05) is 0 Å². The first-order valence-electron chi connectivity index (χ1n) is 6.83. The largest absolute Gasteiger partial charge is 0.480 e. The highest BCUT2D eigenvalue weighted by atomic mass is 16.4. The summed E-state index contributed by atoms with van der Waals surface area (Å²) in [5.74, 6) is -1.26. The summed E-state index contributed by atoms with van der Waals surface area (Å²) in [7, 11) is 0. The molecule has 1 amide bonds. The van der Waals surface area contributed by atoms with Crippen molar-refractivity contribution in [3.05, 3.63) is 0 Å². The van der Waals surface area contributed by atoms with Crippen LogP contribution in [0.3, 0.4) is 0 Å². The molecule has 1 rings (SSSR count). The molecule has 4 N–H and O–H groups in total. The second-order valence-corrected chi connectivity index (χ2v) is 5.19. The number of hydrogen-bond acceptors (Lipinski definition) is 3. The third-order valence-electron chi connectivity index (χ3n) is 3.67. The third-order valence-corrected chi connectivity index (χ3v) is 3.67. The number of carbonyl (C=O) groups excluding carboxylic acids is 1. The molecule has 0 radical (unpaired) electrons. The molecule has 0 aromatic rings. The number of nitrogens with one attached hydrogen (secondary N) is 1. The third kappa shape index (κ3) is 3.70. The predicted octanol–water partition coefficient (Wildman–Crippen LogP) is 1.41. The molecule has 1 aliphatic carbocycles. The Hall–Kier alpha value is -1.10. The fourth-order valence-electron chi connectivity index (χ4n) is 2.50. The van der Waals surface area contributed by atoms with Gasteiger partial charge in [-0.25, -0.2) is 4.79 Å². The number of carboxylic acid groups (broad SMARTS) is 1. The van der Waals surface area contributed by atoms with Crippen molar-refractivity contribution in [2.75, 3.05) is 0 Å². The Morgan fingerprint density at radius 1 is 1.28 bits per heavy atom. The van der Waals surface area contributed by atoms with E-state index in [9.17, 15) is 14.7 Å². The van der Waals surface area contributed by atoms with Gasteiger partial charge in [0.15, 0.2) is 0 Å². The Morgan fingerprint density at radius 2 is 1.83 bits per heavy atom. The van der Waals surface area contributed by atoms with E-state index in [4.69, 9.17) is 5.73 Å². The number of carbonyl (C=O) groups is 2. The van der Waals surface area contributed by atoms with E-state index in [0.717, 1.165) is 32.1 Å². The Morgan fingerprint density at radius 3 is 2.28 bits per heavy atom. The number of amides is 1. The lowest BCUT2D eigenvalue weighted by Gasteiger charge is -2.30. The van der Waals surface area contributed by atoms with Crippen molar-refractivity contribution in [1.82, 2.24) is 5.32 Å². The molecule has 0 unspecified atom stereocenters.